The Hall–Kier alpha value is -3.41. The molecule has 1 N–H and O–H groups in total. The number of hydrogen-bond donors (Lipinski definition) is 1. The predicted molar refractivity (Wildman–Crippen MR) is 116 cm³/mol. The molecule has 6 heteroatoms. The van der Waals surface area contributed by atoms with Crippen LogP contribution in [0.5, 0.6) is 0 Å². The molecule has 0 spiro atoms. The van der Waals surface area contributed by atoms with Gasteiger partial charge in [0.25, 0.3) is 0 Å². The zero-order valence-electron chi connectivity index (χ0n) is 17.4. The van der Waals surface area contributed by atoms with Crippen LogP contribution in [-0.4, -0.2) is 21.4 Å². The first-order chi connectivity index (χ1) is 14.5. The number of nitrogens with one attached hydrogen (secondary N) is 1. The molecule has 3 rings (SSSR count). The molecule has 1 amide bonds. The van der Waals surface area contributed by atoms with E-state index in [-0.39, 0.29) is 18.3 Å². The fourth-order valence-corrected chi connectivity index (χ4v) is 3.34. The Kier molecular flexibility index (Phi) is 7.38. The van der Waals surface area contributed by atoms with E-state index in [1.54, 1.807) is 18.3 Å². The van der Waals surface area contributed by atoms with Crippen LogP contribution in [0.1, 0.15) is 43.3 Å². The van der Waals surface area contributed by atoms with E-state index in [9.17, 15) is 9.59 Å². The van der Waals surface area contributed by atoms with Gasteiger partial charge in [-0.1, -0.05) is 42.5 Å². The van der Waals surface area contributed by atoms with Crippen LogP contribution >= 0.6 is 0 Å². The molecule has 6 nitrogen and oxygen atoms in total. The van der Waals surface area contributed by atoms with Gasteiger partial charge in [-0.05, 0) is 43.0 Å². The number of amides is 1. The van der Waals surface area contributed by atoms with Crippen molar-refractivity contribution in [3.05, 3.63) is 83.9 Å². The van der Waals surface area contributed by atoms with Crippen molar-refractivity contribution in [2.24, 2.45) is 0 Å². The highest BCUT2D eigenvalue weighted by molar-refractivity contribution is 5.88. The third kappa shape index (κ3) is 6.04. The molecule has 0 aliphatic heterocycles. The van der Waals surface area contributed by atoms with E-state index in [4.69, 9.17) is 4.74 Å². The number of benzene rings is 2. The van der Waals surface area contributed by atoms with E-state index in [1.807, 2.05) is 48.0 Å². The first kappa shape index (κ1) is 21.3. The summed E-state index contributed by atoms with van der Waals surface area (Å²) >= 11 is 0. The Morgan fingerprint density at radius 3 is 2.47 bits per heavy atom. The summed E-state index contributed by atoms with van der Waals surface area (Å²) in [5.41, 5.74) is 2.72. The van der Waals surface area contributed by atoms with Crippen LogP contribution in [0.15, 0.2) is 67.0 Å². The van der Waals surface area contributed by atoms with E-state index in [1.165, 1.54) is 12.5 Å². The molecule has 1 atom stereocenters. The third-order valence-electron chi connectivity index (χ3n) is 4.81. The van der Waals surface area contributed by atoms with Gasteiger partial charge in [0.2, 0.25) is 5.91 Å². The van der Waals surface area contributed by atoms with Crippen LogP contribution in [0, 0.1) is 0 Å². The van der Waals surface area contributed by atoms with Gasteiger partial charge in [0.1, 0.15) is 5.82 Å². The highest BCUT2D eigenvalue weighted by Crippen LogP contribution is 2.23. The van der Waals surface area contributed by atoms with E-state index < -0.39 is 6.10 Å². The number of carbonyl (C=O) groups excluding carboxylic acids is 2. The van der Waals surface area contributed by atoms with Crippen LogP contribution in [-0.2, 0) is 33.7 Å². The lowest BCUT2D eigenvalue weighted by Crippen LogP contribution is -2.18. The van der Waals surface area contributed by atoms with Crippen LogP contribution in [0.4, 0.5) is 5.69 Å². The average Bonchev–Trinajstić information content (AvgIpc) is 3.21. The first-order valence-corrected chi connectivity index (χ1v) is 10.2. The Balaban J connectivity index is 1.67. The lowest BCUT2D eigenvalue weighted by atomic mass is 10.1. The van der Waals surface area contributed by atoms with E-state index in [0.717, 1.165) is 24.4 Å². The Labute approximate surface area is 176 Å². The molecule has 0 saturated heterocycles. The molecule has 0 aliphatic rings. The summed E-state index contributed by atoms with van der Waals surface area (Å²) in [5, 5.41) is 2.71. The van der Waals surface area contributed by atoms with Crippen molar-refractivity contribution in [2.45, 2.75) is 45.8 Å². The van der Waals surface area contributed by atoms with Gasteiger partial charge in [-0.15, -0.1) is 0 Å². The molecule has 0 radical (unpaired) electrons. The van der Waals surface area contributed by atoms with Crippen LogP contribution < -0.4 is 5.32 Å². The Morgan fingerprint density at radius 2 is 1.80 bits per heavy atom. The number of carbonyl (C=O) groups is 2. The number of rotatable bonds is 9. The normalized spacial score (nSPS) is 11.7. The van der Waals surface area contributed by atoms with Crippen molar-refractivity contribution in [3.8, 4) is 0 Å². The molecule has 1 heterocycles. The van der Waals surface area contributed by atoms with Gasteiger partial charge in [0.15, 0.2) is 6.10 Å². The Bertz CT molecular complexity index is 965. The van der Waals surface area contributed by atoms with Gasteiger partial charge in [-0.25, -0.2) is 4.98 Å². The standard InChI is InChI=1S/C24H27N3O3/c1-3-27-16-15-25-24(27)22(14-11-19-7-5-4-6-8-19)30-23(29)17-20-9-12-21(13-10-20)26-18(2)28/h4-10,12-13,15-16,22H,3,11,14,17H2,1-2H3,(H,26,28)/t22-/m0/s1. The van der Waals surface area contributed by atoms with E-state index >= 15 is 0 Å². The zero-order chi connectivity index (χ0) is 21.3. The number of aromatic nitrogens is 2. The zero-order valence-corrected chi connectivity index (χ0v) is 17.4. The van der Waals surface area contributed by atoms with Gasteiger partial charge < -0.3 is 14.6 Å². The number of hydrogen-bond acceptors (Lipinski definition) is 4. The largest absolute Gasteiger partial charge is 0.454 e. The van der Waals surface area contributed by atoms with Gasteiger partial charge in [-0.2, -0.15) is 0 Å². The summed E-state index contributed by atoms with van der Waals surface area (Å²) in [4.78, 5) is 28.2. The molecule has 0 bridgehead atoms. The van der Waals surface area contributed by atoms with Crippen LogP contribution in [0.3, 0.4) is 0 Å². The molecule has 0 unspecified atom stereocenters. The van der Waals surface area contributed by atoms with Gasteiger partial charge in [-0.3, -0.25) is 9.59 Å². The van der Waals surface area contributed by atoms with Crippen molar-refractivity contribution < 1.29 is 14.3 Å². The topological polar surface area (TPSA) is 73.2 Å². The molecule has 30 heavy (non-hydrogen) atoms. The molecule has 0 aliphatic carbocycles. The highest BCUT2D eigenvalue weighted by Gasteiger charge is 2.21. The van der Waals surface area contributed by atoms with Gasteiger partial charge in [0, 0.05) is 31.5 Å². The quantitative estimate of drug-likeness (QED) is 0.538. The van der Waals surface area contributed by atoms with Crippen LogP contribution in [0.2, 0.25) is 0 Å². The summed E-state index contributed by atoms with van der Waals surface area (Å²) in [7, 11) is 0. The molecule has 2 aromatic carbocycles. The Morgan fingerprint density at radius 1 is 1.07 bits per heavy atom. The van der Waals surface area contributed by atoms with Crippen molar-refractivity contribution >= 4 is 17.6 Å². The molecule has 0 saturated carbocycles. The fourth-order valence-electron chi connectivity index (χ4n) is 3.34. The predicted octanol–water partition coefficient (Wildman–Crippen LogP) is 4.32. The number of aryl methyl sites for hydroxylation is 2. The summed E-state index contributed by atoms with van der Waals surface area (Å²) in [6.07, 6.45) is 4.85. The summed E-state index contributed by atoms with van der Waals surface area (Å²) in [6.45, 7) is 4.26. The molecule has 1 aromatic heterocycles. The van der Waals surface area contributed by atoms with Crippen molar-refractivity contribution in [1.82, 2.24) is 9.55 Å². The van der Waals surface area contributed by atoms with Crippen molar-refractivity contribution in [1.29, 1.82) is 0 Å². The molecular formula is C24H27N3O3. The second-order valence-electron chi connectivity index (χ2n) is 7.13. The fraction of sp³-hybridized carbons (Fsp3) is 0.292. The average molecular weight is 405 g/mol. The number of ether oxygens (including phenoxy) is 1. The molecule has 156 valence electrons. The minimum atomic E-state index is -0.411. The maximum absolute atomic E-state index is 12.7. The number of imidazole rings is 1. The van der Waals surface area contributed by atoms with E-state index in [2.05, 4.69) is 22.4 Å². The minimum absolute atomic E-state index is 0.130. The summed E-state index contributed by atoms with van der Waals surface area (Å²) in [6, 6.07) is 17.3. The third-order valence-corrected chi connectivity index (χ3v) is 4.81. The maximum atomic E-state index is 12.7. The molecule has 3 aromatic rings. The van der Waals surface area contributed by atoms with Crippen molar-refractivity contribution in [2.75, 3.05) is 5.32 Å². The molecule has 0 fully saturated rings. The van der Waals surface area contributed by atoms with Crippen molar-refractivity contribution in [3.63, 3.8) is 0 Å². The highest BCUT2D eigenvalue weighted by atomic mass is 16.5. The smallest absolute Gasteiger partial charge is 0.310 e. The van der Waals surface area contributed by atoms with Gasteiger partial charge >= 0.3 is 5.97 Å². The number of nitrogens with zero attached hydrogens (tertiary/aromatic N) is 2. The second kappa shape index (κ2) is 10.4. The number of anilines is 1. The van der Waals surface area contributed by atoms with E-state index in [0.29, 0.717) is 12.1 Å². The summed E-state index contributed by atoms with van der Waals surface area (Å²) in [5.74, 6) is 0.337. The number of esters is 1. The lowest BCUT2D eigenvalue weighted by molar-refractivity contribution is -0.149. The lowest BCUT2D eigenvalue weighted by Gasteiger charge is -2.19. The van der Waals surface area contributed by atoms with Gasteiger partial charge in [0.05, 0.1) is 6.42 Å². The first-order valence-electron chi connectivity index (χ1n) is 10.2. The monoisotopic (exact) mass is 405 g/mol. The summed E-state index contributed by atoms with van der Waals surface area (Å²) < 4.78 is 7.87. The maximum Gasteiger partial charge on any atom is 0.310 e. The van der Waals surface area contributed by atoms with Crippen LogP contribution in [0.25, 0.3) is 0 Å². The SMILES string of the molecule is CCn1ccnc1[C@H](CCc1ccccc1)OC(=O)Cc1ccc(NC(C)=O)cc1. The molecular weight excluding hydrogens is 378 g/mol. The minimum Gasteiger partial charge on any atom is -0.454 e. The second-order valence-corrected chi connectivity index (χ2v) is 7.13.